The van der Waals surface area contributed by atoms with Crippen LogP contribution in [0.4, 0.5) is 0 Å². The maximum Gasteiger partial charge on any atom is 0.243 e. The molecule has 0 radical (unpaired) electrons. The van der Waals surface area contributed by atoms with Gasteiger partial charge in [-0.25, -0.2) is 8.42 Å². The second-order valence-electron chi connectivity index (χ2n) is 6.30. The minimum absolute atomic E-state index is 0.0639. The molecule has 1 aromatic rings. The van der Waals surface area contributed by atoms with Crippen LogP contribution >= 0.6 is 0 Å². The maximum atomic E-state index is 12.8. The summed E-state index contributed by atoms with van der Waals surface area (Å²) in [5.74, 6) is 0.437. The Morgan fingerprint density at radius 3 is 2.52 bits per heavy atom. The number of likely N-dealkylation sites (N-methyl/N-ethyl adjacent to an activating group) is 1. The van der Waals surface area contributed by atoms with Crippen molar-refractivity contribution in [2.75, 3.05) is 13.6 Å². The van der Waals surface area contributed by atoms with Gasteiger partial charge in [-0.2, -0.15) is 4.31 Å². The van der Waals surface area contributed by atoms with Gasteiger partial charge in [0, 0.05) is 19.6 Å². The number of rotatable bonds is 5. The molecule has 0 amide bonds. The van der Waals surface area contributed by atoms with Crippen molar-refractivity contribution in [1.82, 2.24) is 4.31 Å². The first-order valence-electron chi connectivity index (χ1n) is 7.84. The molecule has 21 heavy (non-hydrogen) atoms. The lowest BCUT2D eigenvalue weighted by Crippen LogP contribution is -2.43. The van der Waals surface area contributed by atoms with Crippen LogP contribution in [0.25, 0.3) is 0 Å². The fourth-order valence-corrected chi connectivity index (χ4v) is 4.81. The summed E-state index contributed by atoms with van der Waals surface area (Å²) in [5.41, 5.74) is 8.30. The first kappa shape index (κ1) is 15.0. The average Bonchev–Trinajstić information content (AvgIpc) is 3.32. The summed E-state index contributed by atoms with van der Waals surface area (Å²) < 4.78 is 27.1. The molecule has 0 heterocycles. The molecule has 0 aromatic heterocycles. The number of hydrogen-bond acceptors (Lipinski definition) is 3. The molecule has 0 bridgehead atoms. The van der Waals surface area contributed by atoms with E-state index in [-0.39, 0.29) is 6.04 Å². The van der Waals surface area contributed by atoms with Crippen molar-refractivity contribution in [3.05, 3.63) is 29.3 Å². The summed E-state index contributed by atoms with van der Waals surface area (Å²) in [6, 6.07) is 5.56. The fourth-order valence-electron chi connectivity index (χ4n) is 3.33. The molecule has 4 nitrogen and oxygen atoms in total. The van der Waals surface area contributed by atoms with Crippen LogP contribution in [0.1, 0.15) is 36.8 Å². The van der Waals surface area contributed by atoms with Crippen molar-refractivity contribution >= 4 is 10.0 Å². The molecule has 0 saturated heterocycles. The molecular formula is C16H24N2O2S. The van der Waals surface area contributed by atoms with Gasteiger partial charge in [0.15, 0.2) is 0 Å². The van der Waals surface area contributed by atoms with E-state index in [0.29, 0.717) is 17.4 Å². The molecule has 3 rings (SSSR count). The zero-order valence-corrected chi connectivity index (χ0v) is 13.4. The predicted molar refractivity (Wildman–Crippen MR) is 83.6 cm³/mol. The van der Waals surface area contributed by atoms with E-state index in [1.807, 2.05) is 12.1 Å². The number of aryl methyl sites for hydroxylation is 2. The van der Waals surface area contributed by atoms with Crippen LogP contribution in [-0.4, -0.2) is 32.4 Å². The van der Waals surface area contributed by atoms with Crippen LogP contribution in [-0.2, 0) is 22.9 Å². The third-order valence-electron chi connectivity index (χ3n) is 4.87. The summed E-state index contributed by atoms with van der Waals surface area (Å²) in [4.78, 5) is 0.421. The monoisotopic (exact) mass is 308 g/mol. The van der Waals surface area contributed by atoms with Gasteiger partial charge >= 0.3 is 0 Å². The van der Waals surface area contributed by atoms with E-state index in [0.717, 1.165) is 32.1 Å². The van der Waals surface area contributed by atoms with Crippen molar-refractivity contribution < 1.29 is 8.42 Å². The lowest BCUT2D eigenvalue weighted by atomic mass is 9.92. The Morgan fingerprint density at radius 2 is 1.90 bits per heavy atom. The number of benzene rings is 1. The van der Waals surface area contributed by atoms with Gasteiger partial charge in [-0.1, -0.05) is 6.07 Å². The number of nitrogens with two attached hydrogens (primary N) is 1. The summed E-state index contributed by atoms with van der Waals surface area (Å²) in [7, 11) is -1.76. The van der Waals surface area contributed by atoms with E-state index < -0.39 is 10.0 Å². The Morgan fingerprint density at radius 1 is 1.24 bits per heavy atom. The Balaban J connectivity index is 1.90. The molecule has 116 valence electrons. The van der Waals surface area contributed by atoms with E-state index >= 15 is 0 Å². The topological polar surface area (TPSA) is 63.4 Å². The summed E-state index contributed by atoms with van der Waals surface area (Å²) in [5, 5.41) is 0. The molecule has 1 unspecified atom stereocenters. The molecule has 0 aliphatic heterocycles. The van der Waals surface area contributed by atoms with Crippen LogP contribution in [0.5, 0.6) is 0 Å². The van der Waals surface area contributed by atoms with E-state index in [2.05, 4.69) is 0 Å². The van der Waals surface area contributed by atoms with Gasteiger partial charge in [-0.3, -0.25) is 0 Å². The predicted octanol–water partition coefficient (Wildman–Crippen LogP) is 1.92. The highest BCUT2D eigenvalue weighted by atomic mass is 32.2. The fraction of sp³-hybridized carbons (Fsp3) is 0.625. The number of nitrogens with zero attached hydrogens (tertiary/aromatic N) is 1. The van der Waals surface area contributed by atoms with E-state index in [4.69, 9.17) is 5.73 Å². The SMILES string of the molecule is CN(C(CN)C1CC1)S(=O)(=O)c1ccc2c(c1)CCCC2. The van der Waals surface area contributed by atoms with Gasteiger partial charge in [-0.15, -0.1) is 0 Å². The van der Waals surface area contributed by atoms with Crippen molar-refractivity contribution in [2.45, 2.75) is 49.5 Å². The molecule has 1 saturated carbocycles. The highest BCUT2D eigenvalue weighted by molar-refractivity contribution is 7.89. The first-order valence-corrected chi connectivity index (χ1v) is 9.28. The lowest BCUT2D eigenvalue weighted by molar-refractivity contribution is 0.340. The van der Waals surface area contributed by atoms with Crippen molar-refractivity contribution in [3.63, 3.8) is 0 Å². The summed E-state index contributed by atoms with van der Waals surface area (Å²) in [6.45, 7) is 0.394. The minimum Gasteiger partial charge on any atom is -0.329 e. The van der Waals surface area contributed by atoms with Gasteiger partial charge < -0.3 is 5.73 Å². The van der Waals surface area contributed by atoms with Crippen LogP contribution in [0.3, 0.4) is 0 Å². The smallest absolute Gasteiger partial charge is 0.243 e. The molecular weight excluding hydrogens is 284 g/mol. The Hall–Kier alpha value is -0.910. The molecule has 5 heteroatoms. The highest BCUT2D eigenvalue weighted by Crippen LogP contribution is 2.36. The van der Waals surface area contributed by atoms with E-state index in [1.165, 1.54) is 21.9 Å². The quantitative estimate of drug-likeness (QED) is 0.904. The van der Waals surface area contributed by atoms with Crippen molar-refractivity contribution in [3.8, 4) is 0 Å². The van der Waals surface area contributed by atoms with Crippen LogP contribution in [0, 0.1) is 5.92 Å². The minimum atomic E-state index is -3.44. The maximum absolute atomic E-state index is 12.8. The normalized spacial score (nSPS) is 20.3. The standard InChI is InChI=1S/C16H24N2O2S/c1-18(16(11-17)13-6-7-13)21(19,20)15-9-8-12-4-2-3-5-14(12)10-15/h8-10,13,16H,2-7,11,17H2,1H3. The molecule has 1 fully saturated rings. The van der Waals surface area contributed by atoms with Gasteiger partial charge in [0.1, 0.15) is 0 Å². The molecule has 0 spiro atoms. The lowest BCUT2D eigenvalue weighted by Gasteiger charge is -2.27. The Bertz CT molecular complexity index is 623. The van der Waals surface area contributed by atoms with E-state index in [9.17, 15) is 8.42 Å². The Labute approximate surface area is 127 Å². The number of sulfonamides is 1. The summed E-state index contributed by atoms with van der Waals surface area (Å²) >= 11 is 0. The second-order valence-corrected chi connectivity index (χ2v) is 8.30. The zero-order chi connectivity index (χ0) is 15.0. The second kappa shape index (κ2) is 5.71. The van der Waals surface area contributed by atoms with Crippen molar-refractivity contribution in [2.24, 2.45) is 11.7 Å². The molecule has 1 atom stereocenters. The average molecular weight is 308 g/mol. The molecule has 2 aliphatic carbocycles. The first-order chi connectivity index (χ1) is 10.0. The van der Waals surface area contributed by atoms with E-state index in [1.54, 1.807) is 13.1 Å². The molecule has 2 aliphatic rings. The number of fused-ring (bicyclic) bond motifs is 1. The number of hydrogen-bond donors (Lipinski definition) is 1. The van der Waals surface area contributed by atoms with Gasteiger partial charge in [0.05, 0.1) is 4.90 Å². The zero-order valence-electron chi connectivity index (χ0n) is 12.6. The van der Waals surface area contributed by atoms with Gasteiger partial charge in [-0.05, 0) is 67.7 Å². The van der Waals surface area contributed by atoms with Crippen LogP contribution in [0.15, 0.2) is 23.1 Å². The third-order valence-corrected chi connectivity index (χ3v) is 6.75. The van der Waals surface area contributed by atoms with Crippen molar-refractivity contribution in [1.29, 1.82) is 0 Å². The Kier molecular flexibility index (Phi) is 4.08. The largest absolute Gasteiger partial charge is 0.329 e. The van der Waals surface area contributed by atoms with Gasteiger partial charge in [0.2, 0.25) is 10.0 Å². The summed E-state index contributed by atoms with van der Waals surface area (Å²) in [6.07, 6.45) is 6.60. The molecule has 2 N–H and O–H groups in total. The molecule has 1 aromatic carbocycles. The highest BCUT2D eigenvalue weighted by Gasteiger charge is 2.38. The van der Waals surface area contributed by atoms with Crippen LogP contribution in [0.2, 0.25) is 0 Å². The van der Waals surface area contributed by atoms with Gasteiger partial charge in [0.25, 0.3) is 0 Å². The third kappa shape index (κ3) is 2.87. The van der Waals surface area contributed by atoms with Crippen LogP contribution < -0.4 is 5.73 Å².